The Morgan fingerprint density at radius 1 is 1.06 bits per heavy atom. The molecule has 12 heteroatoms. The molecule has 4 aliphatic rings. The van der Waals surface area contributed by atoms with Crippen molar-refractivity contribution >= 4 is 33.4 Å². The maximum Gasteiger partial charge on any atom is 0.181 e. The second-order valence-electron chi connectivity index (χ2n) is 13.4. The molecule has 0 radical (unpaired) electrons. The van der Waals surface area contributed by atoms with E-state index in [4.69, 9.17) is 24.4 Å². The van der Waals surface area contributed by atoms with Gasteiger partial charge in [0.1, 0.15) is 11.7 Å². The first-order valence-electron chi connectivity index (χ1n) is 17.9. The predicted octanol–water partition coefficient (Wildman–Crippen LogP) is 6.45. The molecule has 3 aliphatic heterocycles. The first-order chi connectivity index (χ1) is 24.7. The lowest BCUT2D eigenvalue weighted by Gasteiger charge is -2.36. The molecule has 51 heavy (non-hydrogen) atoms. The molecule has 0 spiro atoms. The smallest absolute Gasteiger partial charge is 0.181 e. The predicted molar refractivity (Wildman–Crippen MR) is 198 cm³/mol. The van der Waals surface area contributed by atoms with Crippen LogP contribution in [0, 0.1) is 28.1 Å². The maximum absolute atomic E-state index is 13.8. The zero-order valence-electron chi connectivity index (χ0n) is 29.6. The molecule has 3 N–H and O–H groups in total. The first-order valence-corrected chi connectivity index (χ1v) is 18.7. The Morgan fingerprint density at radius 2 is 1.76 bits per heavy atom. The molecular weight excluding hydrogens is 712 g/mol. The van der Waals surface area contributed by atoms with Gasteiger partial charge in [0.2, 0.25) is 0 Å². The normalized spacial score (nSPS) is 21.4. The van der Waals surface area contributed by atoms with Gasteiger partial charge in [-0.3, -0.25) is 15.6 Å². The van der Waals surface area contributed by atoms with Crippen molar-refractivity contribution in [3.05, 3.63) is 80.1 Å². The molecule has 2 aromatic carbocycles. The number of ether oxygens (including phenoxy) is 4. The molecule has 3 atom stereocenters. The minimum Gasteiger partial charge on any atom is -0.490 e. The highest BCUT2D eigenvalue weighted by molar-refractivity contribution is 9.10. The van der Waals surface area contributed by atoms with Crippen molar-refractivity contribution in [1.29, 1.82) is 16.1 Å². The molecule has 270 valence electrons. The summed E-state index contributed by atoms with van der Waals surface area (Å²) >= 11 is 3.78. The van der Waals surface area contributed by atoms with Gasteiger partial charge < -0.3 is 34.1 Å². The third-order valence-electron chi connectivity index (χ3n) is 10.0. The topological polar surface area (TPSA) is 144 Å². The zero-order chi connectivity index (χ0) is 36.1. The van der Waals surface area contributed by atoms with Crippen LogP contribution >= 0.6 is 15.9 Å². The fourth-order valence-electron chi connectivity index (χ4n) is 7.53. The van der Waals surface area contributed by atoms with E-state index < -0.39 is 12.0 Å². The van der Waals surface area contributed by atoms with Crippen LogP contribution in [0.5, 0.6) is 11.5 Å². The fraction of sp³-hybridized carbons (Fsp3) is 0.487. The molecule has 0 saturated carbocycles. The van der Waals surface area contributed by atoms with Crippen LogP contribution in [-0.2, 0) is 14.3 Å². The Hall–Kier alpha value is -4.18. The van der Waals surface area contributed by atoms with Gasteiger partial charge in [0.05, 0.1) is 55.1 Å². The van der Waals surface area contributed by atoms with Crippen LogP contribution in [0.3, 0.4) is 0 Å². The van der Waals surface area contributed by atoms with Crippen molar-refractivity contribution in [2.75, 3.05) is 59.2 Å². The average molecular weight is 760 g/mol. The van der Waals surface area contributed by atoms with Gasteiger partial charge in [-0.05, 0) is 72.3 Å². The lowest BCUT2D eigenvalue weighted by molar-refractivity contribution is -0.117. The van der Waals surface area contributed by atoms with E-state index in [1.165, 1.54) is 0 Å². The van der Waals surface area contributed by atoms with Crippen molar-refractivity contribution in [2.45, 2.75) is 58.5 Å². The SMILES string of the molecule is CCCC1CC(=O)C2=C(C1)NC(C)=C(C#N)C2c1cc(Br)c(OC(C(=N)N2CCOCC2)c2cccc(C(=N)N3CCOCC3)c2)c(OCC)c1. The minimum atomic E-state index is -0.831. The van der Waals surface area contributed by atoms with Gasteiger partial charge in [0, 0.05) is 60.7 Å². The number of nitriles is 1. The molecular formula is C39H47BrN6O5. The highest BCUT2D eigenvalue weighted by Gasteiger charge is 2.39. The summed E-state index contributed by atoms with van der Waals surface area (Å²) in [6.45, 7) is 10.9. The van der Waals surface area contributed by atoms with Crippen LogP contribution in [0.15, 0.2) is 63.4 Å². The Morgan fingerprint density at radius 3 is 2.43 bits per heavy atom. The van der Waals surface area contributed by atoms with Gasteiger partial charge in [-0.2, -0.15) is 5.26 Å². The number of carbonyl (C=O) groups is 1. The Labute approximate surface area is 308 Å². The molecule has 0 aromatic heterocycles. The number of carbonyl (C=O) groups excluding carboxylic acids is 1. The number of rotatable bonds is 10. The van der Waals surface area contributed by atoms with E-state index in [-0.39, 0.29) is 17.5 Å². The Kier molecular flexibility index (Phi) is 11.8. The minimum absolute atomic E-state index is 0.0726. The maximum atomic E-state index is 13.8. The van der Waals surface area contributed by atoms with Crippen molar-refractivity contribution in [3.63, 3.8) is 0 Å². The van der Waals surface area contributed by atoms with E-state index in [0.717, 1.165) is 47.3 Å². The van der Waals surface area contributed by atoms with Crippen molar-refractivity contribution in [3.8, 4) is 17.6 Å². The van der Waals surface area contributed by atoms with Crippen LogP contribution in [0.4, 0.5) is 0 Å². The van der Waals surface area contributed by atoms with Gasteiger partial charge >= 0.3 is 0 Å². The van der Waals surface area contributed by atoms with E-state index in [9.17, 15) is 15.5 Å². The van der Waals surface area contributed by atoms with Crippen LogP contribution in [0.25, 0.3) is 0 Å². The molecule has 3 heterocycles. The number of dihydropyridines is 1. The molecule has 2 saturated heterocycles. The van der Waals surface area contributed by atoms with Crippen molar-refractivity contribution in [2.24, 2.45) is 5.92 Å². The monoisotopic (exact) mass is 758 g/mol. The highest BCUT2D eigenvalue weighted by atomic mass is 79.9. The largest absolute Gasteiger partial charge is 0.490 e. The summed E-state index contributed by atoms with van der Waals surface area (Å²) in [5, 5.41) is 32.1. The number of nitrogens with one attached hydrogen (secondary N) is 3. The summed E-state index contributed by atoms with van der Waals surface area (Å²) in [6, 6.07) is 13.8. The van der Waals surface area contributed by atoms with Gasteiger partial charge in [-0.25, -0.2) is 0 Å². The Balaban J connectivity index is 1.40. The number of nitrogens with zero attached hydrogens (tertiary/aromatic N) is 3. The summed E-state index contributed by atoms with van der Waals surface area (Å²) in [6.07, 6.45) is 2.40. The summed E-state index contributed by atoms with van der Waals surface area (Å²) in [5.41, 5.74) is 5.03. The Bertz CT molecular complexity index is 1770. The van der Waals surface area contributed by atoms with Gasteiger partial charge in [0.15, 0.2) is 23.4 Å². The summed E-state index contributed by atoms with van der Waals surface area (Å²) in [5.74, 6) is 1.35. The quantitative estimate of drug-likeness (QED) is 0.184. The lowest BCUT2D eigenvalue weighted by Crippen LogP contribution is -2.44. The first kappa shape index (κ1) is 36.6. The van der Waals surface area contributed by atoms with E-state index in [1.807, 2.05) is 60.0 Å². The molecule has 1 aliphatic carbocycles. The van der Waals surface area contributed by atoms with Crippen molar-refractivity contribution < 1.29 is 23.7 Å². The number of ketones is 1. The van der Waals surface area contributed by atoms with Gasteiger partial charge in [-0.15, -0.1) is 0 Å². The van der Waals surface area contributed by atoms with E-state index in [2.05, 4.69) is 34.2 Å². The molecule has 11 nitrogen and oxygen atoms in total. The molecule has 2 aromatic rings. The average Bonchev–Trinajstić information content (AvgIpc) is 3.14. The molecule has 2 fully saturated rings. The number of amidine groups is 2. The van der Waals surface area contributed by atoms with E-state index in [0.29, 0.717) is 98.6 Å². The van der Waals surface area contributed by atoms with Gasteiger partial charge in [-0.1, -0.05) is 31.5 Å². The summed E-state index contributed by atoms with van der Waals surface area (Å²) in [7, 11) is 0. The number of morpholine rings is 2. The number of hydrogen-bond acceptors (Lipinski definition) is 9. The second kappa shape index (κ2) is 16.4. The number of hydrogen-bond donors (Lipinski definition) is 3. The summed E-state index contributed by atoms with van der Waals surface area (Å²) in [4.78, 5) is 17.7. The fourth-order valence-corrected chi connectivity index (χ4v) is 8.09. The number of Topliss-reactive ketones (excluding diaryl/α,β-unsaturated/α-hetero) is 1. The zero-order valence-corrected chi connectivity index (χ0v) is 31.2. The lowest BCUT2D eigenvalue weighted by atomic mass is 9.72. The molecule has 3 unspecified atom stereocenters. The highest BCUT2D eigenvalue weighted by Crippen LogP contribution is 2.48. The van der Waals surface area contributed by atoms with Crippen LogP contribution in [-0.4, -0.2) is 86.5 Å². The summed E-state index contributed by atoms with van der Waals surface area (Å²) < 4.78 is 24.8. The third kappa shape index (κ3) is 7.86. The second-order valence-corrected chi connectivity index (χ2v) is 14.3. The number of benzene rings is 2. The standard InChI is InChI=1S/C39H47BrN6O5/c1-4-7-25-18-31-35(32(47)19-25)34(29(23-41)24(3)44-31)28-21-30(40)37(33(22-28)50-5-2)51-36(39(43)46-12-16-49-17-13-46)26-8-6-9-27(20-26)38(42)45-10-14-48-15-11-45/h6,8-9,20-22,25,34,36,42-44H,4-5,7,10-19H2,1-3H3. The molecule has 6 rings (SSSR count). The van der Waals surface area contributed by atoms with Crippen LogP contribution in [0.1, 0.15) is 75.2 Å². The van der Waals surface area contributed by atoms with E-state index >= 15 is 0 Å². The van der Waals surface area contributed by atoms with Crippen LogP contribution < -0.4 is 14.8 Å². The molecule has 0 bridgehead atoms. The van der Waals surface area contributed by atoms with Gasteiger partial charge in [0.25, 0.3) is 0 Å². The number of halogens is 1. The van der Waals surface area contributed by atoms with E-state index in [1.54, 1.807) is 0 Å². The van der Waals surface area contributed by atoms with Crippen molar-refractivity contribution in [1.82, 2.24) is 15.1 Å². The number of allylic oxidation sites excluding steroid dienone is 4. The third-order valence-corrected chi connectivity index (χ3v) is 10.6. The van der Waals surface area contributed by atoms with Crippen LogP contribution in [0.2, 0.25) is 0 Å². The molecule has 0 amide bonds.